The molecule has 6 nitrogen and oxygen atoms in total. The Hall–Kier alpha value is -0.870. The fourth-order valence-electron chi connectivity index (χ4n) is 0.459. The summed E-state index contributed by atoms with van der Waals surface area (Å²) < 4.78 is 10.5. The monoisotopic (exact) mass is 180 g/mol. The molecule has 0 radical (unpaired) electrons. The second-order valence-electron chi connectivity index (χ2n) is 1.91. The zero-order chi connectivity index (χ0) is 9.07. The number of hydrogen-bond acceptors (Lipinski definition) is 5. The predicted octanol–water partition coefficient (Wildman–Crippen LogP) is -3.24. The van der Waals surface area contributed by atoms with Crippen LogP contribution in [0.2, 0.25) is 0 Å². The Morgan fingerprint density at radius 3 is 1.64 bits per heavy atom. The molecule has 11 heavy (non-hydrogen) atoms. The summed E-state index contributed by atoms with van der Waals surface area (Å²) in [6, 6.07) is 0. The highest BCUT2D eigenvalue weighted by molar-refractivity contribution is 7.59. The molecule has 0 aliphatic rings. The highest BCUT2D eigenvalue weighted by Gasteiger charge is 2.18. The number of carboxylic acid groups (broad SMARTS) is 2. The van der Waals surface area contributed by atoms with Crippen LogP contribution in [-0.2, 0) is 14.2 Å². The van der Waals surface area contributed by atoms with Gasteiger partial charge in [0.25, 0.3) is 0 Å². The summed E-state index contributed by atoms with van der Waals surface area (Å²) in [4.78, 5) is 28.0. The van der Waals surface area contributed by atoms with Crippen molar-refractivity contribution in [1.29, 1.82) is 0 Å². The normalized spacial score (nSPS) is 11.0. The van der Waals surface area contributed by atoms with Gasteiger partial charge in [-0.25, -0.2) is 0 Å². The van der Waals surface area contributed by atoms with Gasteiger partial charge in [0.2, 0.25) is 7.37 Å². The van der Waals surface area contributed by atoms with Crippen molar-refractivity contribution in [2.75, 3.05) is 12.3 Å². The summed E-state index contributed by atoms with van der Waals surface area (Å²) in [7, 11) is -4.13. The molecule has 0 amide bonds. The first-order valence-corrected chi connectivity index (χ1v) is 4.57. The van der Waals surface area contributed by atoms with Crippen molar-refractivity contribution in [2.24, 2.45) is 0 Å². The molecule has 0 rings (SSSR count). The molecule has 7 heteroatoms. The molecule has 0 aromatic heterocycles. The van der Waals surface area contributed by atoms with Gasteiger partial charge in [0.15, 0.2) is 0 Å². The van der Waals surface area contributed by atoms with Gasteiger partial charge in [0.1, 0.15) is 0 Å². The third-order valence-electron chi connectivity index (χ3n) is 0.752. The number of carbonyl (C=O) groups is 2. The van der Waals surface area contributed by atoms with E-state index in [0.29, 0.717) is 0 Å². The van der Waals surface area contributed by atoms with Crippen molar-refractivity contribution < 1.29 is 29.3 Å². The highest BCUT2D eigenvalue weighted by Crippen LogP contribution is 2.38. The van der Waals surface area contributed by atoms with E-state index < -0.39 is 31.6 Å². The number of rotatable bonds is 4. The predicted molar refractivity (Wildman–Crippen MR) is 29.6 cm³/mol. The van der Waals surface area contributed by atoms with Crippen molar-refractivity contribution in [2.45, 2.75) is 0 Å². The third kappa shape index (κ3) is 5.57. The van der Waals surface area contributed by atoms with Gasteiger partial charge in [-0.1, -0.05) is 0 Å². The molecule has 0 saturated carbocycles. The maximum atomic E-state index is 10.5. The van der Waals surface area contributed by atoms with Gasteiger partial charge in [0.05, 0.1) is 24.3 Å². The standard InChI is InChI=1S/C4H7O6P/c5-3(6)1-11(9,10)2-4(7)8/h1-2H2,(H,5,6)(H,7,8)(H,9,10)/p-2. The first kappa shape index (κ1) is 10.1. The van der Waals surface area contributed by atoms with E-state index in [1.165, 1.54) is 0 Å². The van der Waals surface area contributed by atoms with Crippen LogP contribution < -0.4 is 10.2 Å². The molecule has 64 valence electrons. The zero-order valence-electron chi connectivity index (χ0n) is 5.35. The van der Waals surface area contributed by atoms with E-state index in [0.717, 1.165) is 0 Å². The Labute approximate surface area is 61.9 Å². The molecular formula is C4H5O6P-2. The maximum absolute atomic E-state index is 10.5. The minimum atomic E-state index is -4.13. The molecule has 0 atom stereocenters. The zero-order valence-corrected chi connectivity index (χ0v) is 6.24. The fourth-order valence-corrected chi connectivity index (χ4v) is 1.38. The summed E-state index contributed by atoms with van der Waals surface area (Å²) in [5.41, 5.74) is 0. The second kappa shape index (κ2) is 3.50. The van der Waals surface area contributed by atoms with Crippen LogP contribution in [-0.4, -0.2) is 29.2 Å². The van der Waals surface area contributed by atoms with Gasteiger partial charge in [0, 0.05) is 0 Å². The molecule has 0 aromatic rings. The van der Waals surface area contributed by atoms with Crippen molar-refractivity contribution in [3.63, 3.8) is 0 Å². The van der Waals surface area contributed by atoms with E-state index in [2.05, 4.69) is 0 Å². The summed E-state index contributed by atoms with van der Waals surface area (Å²) in [6.45, 7) is 0. The second-order valence-corrected chi connectivity index (χ2v) is 4.23. The topological polar surface area (TPSA) is 118 Å². The molecule has 1 N–H and O–H groups in total. The first-order chi connectivity index (χ1) is 4.83. The quantitative estimate of drug-likeness (QED) is 0.454. The third-order valence-corrected chi connectivity index (χ3v) is 2.26. The smallest absolute Gasteiger partial charge is 0.211 e. The number of carboxylic acids is 2. The lowest BCUT2D eigenvalue weighted by Gasteiger charge is -2.11. The van der Waals surface area contributed by atoms with Crippen LogP contribution in [0.1, 0.15) is 0 Å². The number of aliphatic carboxylic acids is 2. The van der Waals surface area contributed by atoms with Crippen LogP contribution >= 0.6 is 7.37 Å². The summed E-state index contributed by atoms with van der Waals surface area (Å²) in [5.74, 6) is -3.51. The van der Waals surface area contributed by atoms with E-state index in [1.54, 1.807) is 0 Å². The van der Waals surface area contributed by atoms with Crippen LogP contribution in [0.4, 0.5) is 0 Å². The molecule has 0 aliphatic heterocycles. The van der Waals surface area contributed by atoms with Crippen LogP contribution in [0.5, 0.6) is 0 Å². The van der Waals surface area contributed by atoms with Gasteiger partial charge in [-0.3, -0.25) is 4.57 Å². The van der Waals surface area contributed by atoms with Crippen LogP contribution in [0.3, 0.4) is 0 Å². The van der Waals surface area contributed by atoms with Gasteiger partial charge in [-0.05, 0) is 0 Å². The number of hydrogen-bond donors (Lipinski definition) is 1. The maximum Gasteiger partial charge on any atom is 0.211 e. The van der Waals surface area contributed by atoms with Crippen LogP contribution in [0, 0.1) is 0 Å². The largest absolute Gasteiger partial charge is 0.550 e. The Kier molecular flexibility index (Phi) is 3.22. The lowest BCUT2D eigenvalue weighted by Crippen LogP contribution is -2.31. The Morgan fingerprint density at radius 1 is 1.18 bits per heavy atom. The molecule has 0 bridgehead atoms. The van der Waals surface area contributed by atoms with Crippen molar-refractivity contribution in [3.05, 3.63) is 0 Å². The molecule has 0 fully saturated rings. The lowest BCUT2D eigenvalue weighted by molar-refractivity contribution is -0.301. The SMILES string of the molecule is O=C([O-])CP(=O)(O)CC(=O)[O-]. The van der Waals surface area contributed by atoms with Gasteiger partial charge >= 0.3 is 0 Å². The summed E-state index contributed by atoms with van der Waals surface area (Å²) in [6.07, 6.45) is -2.30. The molecule has 0 aromatic carbocycles. The van der Waals surface area contributed by atoms with E-state index in [4.69, 9.17) is 4.89 Å². The Balaban J connectivity index is 4.12. The Bertz CT molecular complexity index is 201. The molecule has 0 saturated heterocycles. The van der Waals surface area contributed by atoms with Gasteiger partial charge in [-0.2, -0.15) is 0 Å². The van der Waals surface area contributed by atoms with Gasteiger partial charge in [-0.15, -0.1) is 0 Å². The van der Waals surface area contributed by atoms with Gasteiger partial charge < -0.3 is 24.7 Å². The molecule has 0 heterocycles. The number of carbonyl (C=O) groups excluding carboxylic acids is 2. The Morgan fingerprint density at radius 2 is 1.45 bits per heavy atom. The molecule has 0 spiro atoms. The van der Waals surface area contributed by atoms with E-state index in [9.17, 15) is 24.4 Å². The van der Waals surface area contributed by atoms with E-state index >= 15 is 0 Å². The summed E-state index contributed by atoms with van der Waals surface area (Å²) in [5, 5.41) is 19.5. The average Bonchev–Trinajstić information content (AvgIpc) is 1.53. The first-order valence-electron chi connectivity index (χ1n) is 2.54. The highest BCUT2D eigenvalue weighted by atomic mass is 31.2. The average molecular weight is 180 g/mol. The van der Waals surface area contributed by atoms with Crippen LogP contribution in [0.15, 0.2) is 0 Å². The fraction of sp³-hybridized carbons (Fsp3) is 0.500. The molecular weight excluding hydrogens is 175 g/mol. The van der Waals surface area contributed by atoms with Crippen molar-refractivity contribution in [3.8, 4) is 0 Å². The minimum absolute atomic E-state index is 1.15. The van der Waals surface area contributed by atoms with E-state index in [1.807, 2.05) is 0 Å². The van der Waals surface area contributed by atoms with Crippen LogP contribution in [0.25, 0.3) is 0 Å². The van der Waals surface area contributed by atoms with E-state index in [-0.39, 0.29) is 0 Å². The van der Waals surface area contributed by atoms with Crippen molar-refractivity contribution in [1.82, 2.24) is 0 Å². The molecule has 0 unspecified atom stereocenters. The lowest BCUT2D eigenvalue weighted by atomic mass is 10.8. The molecule has 0 aliphatic carbocycles. The van der Waals surface area contributed by atoms with Crippen molar-refractivity contribution >= 4 is 19.3 Å². The summed E-state index contributed by atoms with van der Waals surface area (Å²) >= 11 is 0. The minimum Gasteiger partial charge on any atom is -0.550 e.